The van der Waals surface area contributed by atoms with Gasteiger partial charge in [-0.3, -0.25) is 10.1 Å². The van der Waals surface area contributed by atoms with Crippen LogP contribution in [0.3, 0.4) is 0 Å². The van der Waals surface area contributed by atoms with Gasteiger partial charge in [-0.25, -0.2) is 0 Å². The van der Waals surface area contributed by atoms with Crippen molar-refractivity contribution in [3.8, 4) is 0 Å². The summed E-state index contributed by atoms with van der Waals surface area (Å²) < 4.78 is 0. The summed E-state index contributed by atoms with van der Waals surface area (Å²) in [6.45, 7) is 8.80. The maximum absolute atomic E-state index is 11.0. The number of nitrogens with one attached hydrogen (secondary N) is 1. The molecule has 1 heterocycles. The fourth-order valence-corrected chi connectivity index (χ4v) is 3.03. The van der Waals surface area contributed by atoms with Gasteiger partial charge < -0.3 is 10.2 Å². The van der Waals surface area contributed by atoms with Crippen molar-refractivity contribution in [2.45, 2.75) is 33.6 Å². The molecule has 0 atom stereocenters. The Morgan fingerprint density at radius 1 is 1.24 bits per heavy atom. The molecule has 5 heteroatoms. The van der Waals surface area contributed by atoms with Crippen LogP contribution in [-0.2, 0) is 0 Å². The fraction of sp³-hybridized carbons (Fsp3) is 0.625. The van der Waals surface area contributed by atoms with Crippen molar-refractivity contribution >= 4 is 17.1 Å². The van der Waals surface area contributed by atoms with Crippen LogP contribution in [0.4, 0.5) is 17.1 Å². The number of non-ortho nitro benzene ring substituents is 1. The van der Waals surface area contributed by atoms with E-state index in [-0.39, 0.29) is 10.6 Å². The molecule has 0 aliphatic carbocycles. The first kappa shape index (κ1) is 15.6. The Morgan fingerprint density at radius 2 is 1.86 bits per heavy atom. The van der Waals surface area contributed by atoms with Gasteiger partial charge in [0.25, 0.3) is 5.69 Å². The highest BCUT2D eigenvalue weighted by molar-refractivity contribution is 5.64. The molecule has 0 bridgehead atoms. The van der Waals surface area contributed by atoms with Crippen LogP contribution >= 0.6 is 0 Å². The van der Waals surface area contributed by atoms with Crippen LogP contribution in [0.1, 0.15) is 33.6 Å². The third kappa shape index (κ3) is 3.65. The molecule has 1 aliphatic rings. The van der Waals surface area contributed by atoms with Crippen molar-refractivity contribution in [3.63, 3.8) is 0 Å². The molecule has 1 aliphatic heterocycles. The lowest BCUT2D eigenvalue weighted by molar-refractivity contribution is -0.384. The van der Waals surface area contributed by atoms with Gasteiger partial charge in [-0.2, -0.15) is 0 Å². The molecule has 0 unspecified atom stereocenters. The van der Waals surface area contributed by atoms with E-state index in [1.807, 2.05) is 6.07 Å². The van der Waals surface area contributed by atoms with Crippen LogP contribution in [0.15, 0.2) is 18.2 Å². The number of nitro benzene ring substituents is 1. The second kappa shape index (κ2) is 5.92. The molecule has 0 saturated carbocycles. The van der Waals surface area contributed by atoms with Crippen molar-refractivity contribution in [2.24, 2.45) is 11.3 Å². The first-order valence-electron chi connectivity index (χ1n) is 7.53. The second-order valence-corrected chi connectivity index (χ2v) is 6.87. The van der Waals surface area contributed by atoms with Gasteiger partial charge in [0.1, 0.15) is 0 Å². The fourth-order valence-electron chi connectivity index (χ4n) is 3.03. The van der Waals surface area contributed by atoms with E-state index in [0.717, 1.165) is 43.2 Å². The average Bonchev–Trinajstić information content (AvgIpc) is 2.46. The molecule has 21 heavy (non-hydrogen) atoms. The summed E-state index contributed by atoms with van der Waals surface area (Å²) in [4.78, 5) is 13.0. The average molecular weight is 291 g/mol. The standard InChI is InChI=1S/C16H25N3O2/c1-16(2,3)12-5-7-18(8-6-12)14-9-13(17-4)10-15(11-14)19(20)21/h9-12,17H,5-8H2,1-4H3. The summed E-state index contributed by atoms with van der Waals surface area (Å²) in [5, 5.41) is 14.1. The van der Waals surface area contributed by atoms with Gasteiger partial charge in [0.2, 0.25) is 0 Å². The summed E-state index contributed by atoms with van der Waals surface area (Å²) >= 11 is 0. The van der Waals surface area contributed by atoms with Crippen LogP contribution in [0, 0.1) is 21.4 Å². The molecule has 0 radical (unpaired) electrons. The Hall–Kier alpha value is -1.78. The third-order valence-electron chi connectivity index (χ3n) is 4.49. The van der Waals surface area contributed by atoms with Gasteiger partial charge in [0, 0.05) is 43.6 Å². The van der Waals surface area contributed by atoms with Gasteiger partial charge in [-0.15, -0.1) is 0 Å². The highest BCUT2D eigenvalue weighted by Crippen LogP contribution is 2.36. The Balaban J connectivity index is 2.16. The molecule has 1 saturated heterocycles. The Kier molecular flexibility index (Phi) is 4.40. The minimum atomic E-state index is -0.327. The Morgan fingerprint density at radius 3 is 2.33 bits per heavy atom. The van der Waals surface area contributed by atoms with Crippen molar-refractivity contribution < 1.29 is 4.92 Å². The normalized spacial score (nSPS) is 16.9. The molecule has 116 valence electrons. The van der Waals surface area contributed by atoms with Crippen LogP contribution in [-0.4, -0.2) is 25.1 Å². The molecular formula is C16H25N3O2. The molecule has 1 fully saturated rings. The van der Waals surface area contributed by atoms with Crippen LogP contribution in [0.5, 0.6) is 0 Å². The summed E-state index contributed by atoms with van der Waals surface area (Å²) in [6.07, 6.45) is 2.28. The molecule has 1 aromatic rings. The number of hydrogen-bond donors (Lipinski definition) is 1. The number of nitrogens with zero attached hydrogens (tertiary/aromatic N) is 2. The van der Waals surface area contributed by atoms with Crippen molar-refractivity contribution in [1.29, 1.82) is 0 Å². The molecule has 5 nitrogen and oxygen atoms in total. The van der Waals surface area contributed by atoms with E-state index < -0.39 is 0 Å². The van der Waals surface area contributed by atoms with Gasteiger partial charge in [0.05, 0.1) is 4.92 Å². The number of nitro groups is 1. The smallest absolute Gasteiger partial charge is 0.273 e. The van der Waals surface area contributed by atoms with Crippen molar-refractivity contribution in [3.05, 3.63) is 28.3 Å². The van der Waals surface area contributed by atoms with E-state index in [9.17, 15) is 10.1 Å². The predicted octanol–water partition coefficient (Wildman–Crippen LogP) is 3.90. The van der Waals surface area contributed by atoms with Gasteiger partial charge in [-0.1, -0.05) is 20.8 Å². The van der Waals surface area contributed by atoms with E-state index in [2.05, 4.69) is 31.0 Å². The van der Waals surface area contributed by atoms with E-state index in [0.29, 0.717) is 5.41 Å². The quantitative estimate of drug-likeness (QED) is 0.678. The highest BCUT2D eigenvalue weighted by Gasteiger charge is 2.29. The lowest BCUT2D eigenvalue weighted by Crippen LogP contribution is -2.38. The number of piperidine rings is 1. The third-order valence-corrected chi connectivity index (χ3v) is 4.49. The molecule has 2 rings (SSSR count). The van der Waals surface area contributed by atoms with Crippen LogP contribution in [0.25, 0.3) is 0 Å². The lowest BCUT2D eigenvalue weighted by Gasteiger charge is -2.39. The van der Waals surface area contributed by atoms with E-state index in [1.54, 1.807) is 19.2 Å². The first-order valence-corrected chi connectivity index (χ1v) is 7.53. The van der Waals surface area contributed by atoms with Crippen molar-refractivity contribution in [2.75, 3.05) is 30.4 Å². The maximum atomic E-state index is 11.0. The second-order valence-electron chi connectivity index (χ2n) is 6.87. The van der Waals surface area contributed by atoms with E-state index >= 15 is 0 Å². The molecule has 1 aromatic carbocycles. The van der Waals surface area contributed by atoms with Gasteiger partial charge in [-0.05, 0) is 30.2 Å². The largest absolute Gasteiger partial charge is 0.388 e. The topological polar surface area (TPSA) is 58.4 Å². The molecule has 0 spiro atoms. The zero-order valence-corrected chi connectivity index (χ0v) is 13.3. The number of anilines is 2. The predicted molar refractivity (Wildman–Crippen MR) is 87.0 cm³/mol. The molecular weight excluding hydrogens is 266 g/mol. The van der Waals surface area contributed by atoms with Gasteiger partial charge in [0.15, 0.2) is 0 Å². The zero-order chi connectivity index (χ0) is 15.6. The summed E-state index contributed by atoms with van der Waals surface area (Å²) in [5.41, 5.74) is 2.22. The number of hydrogen-bond acceptors (Lipinski definition) is 4. The Bertz CT molecular complexity index is 515. The minimum Gasteiger partial charge on any atom is -0.388 e. The highest BCUT2D eigenvalue weighted by atomic mass is 16.6. The van der Waals surface area contributed by atoms with Gasteiger partial charge >= 0.3 is 0 Å². The summed E-state index contributed by atoms with van der Waals surface area (Å²) in [7, 11) is 1.79. The molecule has 0 aromatic heterocycles. The number of benzene rings is 1. The van der Waals surface area contributed by atoms with E-state index in [1.165, 1.54) is 0 Å². The van der Waals surface area contributed by atoms with Crippen molar-refractivity contribution in [1.82, 2.24) is 0 Å². The summed E-state index contributed by atoms with van der Waals surface area (Å²) in [5.74, 6) is 0.719. The lowest BCUT2D eigenvalue weighted by atomic mass is 9.75. The number of rotatable bonds is 3. The van der Waals surface area contributed by atoms with Crippen LogP contribution in [0.2, 0.25) is 0 Å². The first-order chi connectivity index (χ1) is 9.81. The zero-order valence-electron chi connectivity index (χ0n) is 13.3. The minimum absolute atomic E-state index is 0.148. The summed E-state index contributed by atoms with van der Waals surface area (Å²) in [6, 6.07) is 5.24. The molecule has 0 amide bonds. The Labute approximate surface area is 126 Å². The van der Waals surface area contributed by atoms with E-state index in [4.69, 9.17) is 0 Å². The SMILES string of the molecule is CNc1cc(N2CCC(C(C)(C)C)CC2)cc([N+](=O)[O-])c1. The molecule has 1 N–H and O–H groups in total. The van der Waals surface area contributed by atoms with Crippen LogP contribution < -0.4 is 10.2 Å². The monoisotopic (exact) mass is 291 g/mol. The maximum Gasteiger partial charge on any atom is 0.273 e.